The van der Waals surface area contributed by atoms with Crippen LogP contribution in [0.25, 0.3) is 6.08 Å². The Balaban J connectivity index is 2.00. The van der Waals surface area contributed by atoms with Crippen LogP contribution in [0.5, 0.6) is 0 Å². The highest BCUT2D eigenvalue weighted by atomic mass is 32.2. The zero-order chi connectivity index (χ0) is 17.9. The highest BCUT2D eigenvalue weighted by Gasteiger charge is 2.30. The second-order valence-electron chi connectivity index (χ2n) is 4.93. The Kier molecular flexibility index (Phi) is 4.88. The number of rotatable bonds is 6. The molecule has 4 N–H and O–H groups in total. The summed E-state index contributed by atoms with van der Waals surface area (Å²) in [7, 11) is -3.74. The molecule has 1 aliphatic heterocycles. The number of hydrogen-bond donors (Lipinski definition) is 3. The number of aliphatic carboxylic acids is 1. The first-order valence-corrected chi connectivity index (χ1v) is 8.19. The number of nitrogens with one attached hydrogen (secondary N) is 1. The van der Waals surface area contributed by atoms with Crippen LogP contribution in [0.2, 0.25) is 0 Å². The van der Waals surface area contributed by atoms with Gasteiger partial charge in [0.1, 0.15) is 12.6 Å². The van der Waals surface area contributed by atoms with Crippen LogP contribution in [-0.4, -0.2) is 44.1 Å². The molecular formula is C14H14N2O7S. The van der Waals surface area contributed by atoms with Crippen molar-refractivity contribution in [1.82, 2.24) is 5.32 Å². The molecule has 0 spiro atoms. The highest BCUT2D eigenvalue weighted by molar-refractivity contribution is 7.95. The van der Waals surface area contributed by atoms with Crippen LogP contribution in [-0.2, 0) is 24.2 Å². The molecule has 128 valence electrons. The minimum Gasteiger partial charge on any atom is -0.480 e. The second-order valence-corrected chi connectivity index (χ2v) is 6.90. The van der Waals surface area contributed by atoms with E-state index in [-0.39, 0.29) is 9.80 Å². The third-order valence-electron chi connectivity index (χ3n) is 3.21. The lowest BCUT2D eigenvalue weighted by atomic mass is 10.2. The van der Waals surface area contributed by atoms with Gasteiger partial charge in [-0.25, -0.2) is 18.0 Å². The topological polar surface area (TPSA) is 153 Å². The van der Waals surface area contributed by atoms with Crippen molar-refractivity contribution >= 4 is 33.9 Å². The van der Waals surface area contributed by atoms with Gasteiger partial charge in [-0.15, -0.1) is 0 Å². The number of sulfone groups is 1. The monoisotopic (exact) mass is 354 g/mol. The summed E-state index contributed by atoms with van der Waals surface area (Å²) in [5.41, 5.74) is 5.36. The van der Waals surface area contributed by atoms with Gasteiger partial charge in [0.25, 0.3) is 0 Å². The van der Waals surface area contributed by atoms with Gasteiger partial charge in [0.2, 0.25) is 15.7 Å². The Hall–Kier alpha value is -2.88. The SMILES string of the molecule is NC(=O)CC(NC(=O)OCC1=Cc2ccccc2S1(=O)=O)C(=O)O. The van der Waals surface area contributed by atoms with Gasteiger partial charge >= 0.3 is 12.1 Å². The molecule has 0 fully saturated rings. The van der Waals surface area contributed by atoms with Crippen LogP contribution in [0.15, 0.2) is 34.1 Å². The van der Waals surface area contributed by atoms with Crippen molar-refractivity contribution in [2.24, 2.45) is 5.73 Å². The molecule has 2 rings (SSSR count). The molecule has 1 aromatic carbocycles. The van der Waals surface area contributed by atoms with Crippen molar-refractivity contribution < 1.29 is 32.6 Å². The molecule has 1 atom stereocenters. The molecule has 9 nitrogen and oxygen atoms in total. The summed E-state index contributed by atoms with van der Waals surface area (Å²) < 4.78 is 29.2. The third-order valence-corrected chi connectivity index (χ3v) is 5.09. The van der Waals surface area contributed by atoms with Gasteiger partial charge in [0, 0.05) is 0 Å². The summed E-state index contributed by atoms with van der Waals surface area (Å²) in [6.07, 6.45) is -0.414. The van der Waals surface area contributed by atoms with Crippen molar-refractivity contribution in [1.29, 1.82) is 0 Å². The lowest BCUT2D eigenvalue weighted by Gasteiger charge is -2.13. The number of alkyl carbamates (subject to hydrolysis) is 1. The smallest absolute Gasteiger partial charge is 0.408 e. The Morgan fingerprint density at radius 2 is 1.92 bits per heavy atom. The maximum atomic E-state index is 12.2. The number of fused-ring (bicyclic) bond motifs is 1. The first-order valence-electron chi connectivity index (χ1n) is 6.71. The van der Waals surface area contributed by atoms with Crippen LogP contribution >= 0.6 is 0 Å². The Bertz CT molecular complexity index is 829. The Morgan fingerprint density at radius 1 is 1.25 bits per heavy atom. The lowest BCUT2D eigenvalue weighted by Crippen LogP contribution is -2.43. The van der Waals surface area contributed by atoms with Gasteiger partial charge in [-0.3, -0.25) is 4.79 Å². The molecule has 0 bridgehead atoms. The van der Waals surface area contributed by atoms with Crippen molar-refractivity contribution in [2.45, 2.75) is 17.4 Å². The molecular weight excluding hydrogens is 340 g/mol. The average molecular weight is 354 g/mol. The Morgan fingerprint density at radius 3 is 2.50 bits per heavy atom. The molecule has 1 heterocycles. The number of carbonyl (C=O) groups excluding carboxylic acids is 2. The zero-order valence-corrected chi connectivity index (χ0v) is 13.1. The largest absolute Gasteiger partial charge is 0.480 e. The van der Waals surface area contributed by atoms with Crippen LogP contribution in [0.3, 0.4) is 0 Å². The zero-order valence-electron chi connectivity index (χ0n) is 12.3. The minimum absolute atomic E-state index is 0.112. The lowest BCUT2D eigenvalue weighted by molar-refractivity contribution is -0.141. The number of primary amides is 1. The van der Waals surface area contributed by atoms with Crippen LogP contribution in [0, 0.1) is 0 Å². The molecule has 24 heavy (non-hydrogen) atoms. The van der Waals surface area contributed by atoms with Crippen LogP contribution in [0.4, 0.5) is 4.79 Å². The summed E-state index contributed by atoms with van der Waals surface area (Å²) in [4.78, 5) is 33.2. The minimum atomic E-state index is -3.74. The predicted molar refractivity (Wildman–Crippen MR) is 81.3 cm³/mol. The van der Waals surface area contributed by atoms with E-state index in [1.807, 2.05) is 5.32 Å². The van der Waals surface area contributed by atoms with E-state index in [4.69, 9.17) is 15.6 Å². The fourth-order valence-electron chi connectivity index (χ4n) is 2.08. The second kappa shape index (κ2) is 6.71. The van der Waals surface area contributed by atoms with E-state index >= 15 is 0 Å². The standard InChI is InChI=1S/C14H14N2O7S/c15-12(17)6-10(13(18)19)16-14(20)23-7-9-5-8-3-1-2-4-11(8)24(9,21)22/h1-5,10H,6-7H2,(H2,15,17)(H,16,20)(H,18,19). The van der Waals surface area contributed by atoms with Crippen LogP contribution < -0.4 is 11.1 Å². The van der Waals surface area contributed by atoms with E-state index in [1.54, 1.807) is 18.2 Å². The van der Waals surface area contributed by atoms with Gasteiger partial charge in [-0.05, 0) is 17.7 Å². The third kappa shape index (κ3) is 3.71. The van der Waals surface area contributed by atoms with Crippen molar-refractivity contribution in [3.63, 3.8) is 0 Å². The van der Waals surface area contributed by atoms with Crippen molar-refractivity contribution in [3.05, 3.63) is 34.7 Å². The molecule has 0 saturated carbocycles. The fraction of sp³-hybridized carbons (Fsp3) is 0.214. The highest BCUT2D eigenvalue weighted by Crippen LogP contribution is 2.32. The van der Waals surface area contributed by atoms with E-state index in [9.17, 15) is 22.8 Å². The molecule has 0 radical (unpaired) electrons. The van der Waals surface area contributed by atoms with Crippen molar-refractivity contribution in [2.75, 3.05) is 6.61 Å². The number of hydrogen-bond acceptors (Lipinski definition) is 6. The summed E-state index contributed by atoms with van der Waals surface area (Å²) in [5, 5.41) is 10.8. The van der Waals surface area contributed by atoms with Gasteiger partial charge in [-0.2, -0.15) is 0 Å². The van der Waals surface area contributed by atoms with Gasteiger partial charge in [-0.1, -0.05) is 18.2 Å². The number of carboxylic acid groups (broad SMARTS) is 1. The normalized spacial score (nSPS) is 15.8. The molecule has 0 saturated heterocycles. The van der Waals surface area contributed by atoms with E-state index in [1.165, 1.54) is 12.1 Å². The maximum Gasteiger partial charge on any atom is 0.408 e. The molecule has 0 aliphatic carbocycles. The van der Waals surface area contributed by atoms with Gasteiger partial charge in [0.15, 0.2) is 0 Å². The van der Waals surface area contributed by atoms with E-state index < -0.39 is 46.9 Å². The maximum absolute atomic E-state index is 12.2. The molecule has 1 aliphatic rings. The molecule has 10 heteroatoms. The quantitative estimate of drug-likeness (QED) is 0.643. The summed E-state index contributed by atoms with van der Waals surface area (Å²) in [5.74, 6) is -2.38. The summed E-state index contributed by atoms with van der Waals surface area (Å²) >= 11 is 0. The first-order chi connectivity index (χ1) is 11.2. The number of ether oxygens (including phenoxy) is 1. The van der Waals surface area contributed by atoms with Crippen molar-refractivity contribution in [3.8, 4) is 0 Å². The van der Waals surface area contributed by atoms with Gasteiger partial charge in [0.05, 0.1) is 16.2 Å². The predicted octanol–water partition coefficient (Wildman–Crippen LogP) is -0.130. The number of benzene rings is 1. The number of carboxylic acids is 1. The van der Waals surface area contributed by atoms with E-state index in [0.29, 0.717) is 5.56 Å². The number of amides is 2. The molecule has 2 amide bonds. The van der Waals surface area contributed by atoms with Crippen LogP contribution in [0.1, 0.15) is 12.0 Å². The number of nitrogens with two attached hydrogens (primary N) is 1. The number of carbonyl (C=O) groups is 3. The molecule has 1 unspecified atom stereocenters. The fourth-order valence-corrected chi connectivity index (χ4v) is 3.55. The summed E-state index contributed by atoms with van der Waals surface area (Å²) in [6, 6.07) is 4.72. The summed E-state index contributed by atoms with van der Waals surface area (Å²) in [6.45, 7) is -0.564. The molecule has 0 aromatic heterocycles. The Labute approximate surface area is 137 Å². The molecule has 1 aromatic rings. The van der Waals surface area contributed by atoms with E-state index in [0.717, 1.165) is 0 Å². The van der Waals surface area contributed by atoms with Gasteiger partial charge < -0.3 is 20.9 Å². The first kappa shape index (κ1) is 17.5. The van der Waals surface area contributed by atoms with E-state index in [2.05, 4.69) is 0 Å². The average Bonchev–Trinajstić information content (AvgIpc) is 2.75.